The van der Waals surface area contributed by atoms with Crippen LogP contribution in [-0.4, -0.2) is 12.6 Å². The summed E-state index contributed by atoms with van der Waals surface area (Å²) in [6.07, 6.45) is 7.89. The fourth-order valence-electron chi connectivity index (χ4n) is 3.03. The van der Waals surface area contributed by atoms with Crippen LogP contribution in [0.3, 0.4) is 0 Å². The Bertz CT molecular complexity index is 445. The molecule has 1 aromatic carbocycles. The molecule has 0 radical (unpaired) electrons. The third kappa shape index (κ3) is 4.45. The maximum Gasteiger partial charge on any atom is 0.174 e. The van der Waals surface area contributed by atoms with E-state index in [0.717, 1.165) is 17.4 Å². The Labute approximate surface area is 121 Å². The highest BCUT2D eigenvalue weighted by Crippen LogP contribution is 2.30. The molecule has 0 unspecified atom stereocenters. The van der Waals surface area contributed by atoms with Crippen molar-refractivity contribution in [1.82, 2.24) is 0 Å². The summed E-state index contributed by atoms with van der Waals surface area (Å²) in [5.74, 6) is 1.69. The Kier molecular flexibility index (Phi) is 5.73. The Morgan fingerprint density at radius 1 is 1.30 bits per heavy atom. The van der Waals surface area contributed by atoms with Crippen molar-refractivity contribution in [2.24, 2.45) is 5.92 Å². The monoisotopic (exact) mass is 272 g/mol. The van der Waals surface area contributed by atoms with E-state index in [1.54, 1.807) is 0 Å². The van der Waals surface area contributed by atoms with Crippen LogP contribution in [0, 0.1) is 17.2 Å². The average molecular weight is 272 g/mol. The van der Waals surface area contributed by atoms with Gasteiger partial charge < -0.3 is 10.1 Å². The largest absolute Gasteiger partial charge is 0.479 e. The second kappa shape index (κ2) is 7.79. The van der Waals surface area contributed by atoms with Gasteiger partial charge >= 0.3 is 0 Å². The number of rotatable bonds is 6. The number of hydrogen-bond donors (Lipinski definition) is 1. The second-order valence-corrected chi connectivity index (χ2v) is 5.63. The van der Waals surface area contributed by atoms with Crippen LogP contribution < -0.4 is 10.1 Å². The van der Waals surface area contributed by atoms with Crippen molar-refractivity contribution in [2.75, 3.05) is 11.9 Å². The molecule has 3 heteroatoms. The number of nitriles is 1. The number of ether oxygens (including phenoxy) is 1. The predicted molar refractivity (Wildman–Crippen MR) is 81.8 cm³/mol. The fraction of sp³-hybridized carbons (Fsp3) is 0.588. The van der Waals surface area contributed by atoms with Crippen LogP contribution in [0.15, 0.2) is 24.3 Å². The molecule has 1 N–H and O–H groups in total. The van der Waals surface area contributed by atoms with Gasteiger partial charge in [-0.1, -0.05) is 25.8 Å². The standard InChI is InChI=1S/C17H24N2O/c1-2-4-14-7-9-15(10-8-14)19-16-5-3-6-17(13-16)20-12-11-18/h3,5-6,13-15,19H,2,4,7-10,12H2,1H3. The van der Waals surface area contributed by atoms with Crippen molar-refractivity contribution in [2.45, 2.75) is 51.5 Å². The van der Waals surface area contributed by atoms with Crippen LogP contribution in [0.4, 0.5) is 5.69 Å². The molecule has 0 amide bonds. The zero-order valence-corrected chi connectivity index (χ0v) is 12.3. The molecule has 0 bridgehead atoms. The summed E-state index contributed by atoms with van der Waals surface area (Å²) in [7, 11) is 0. The molecule has 1 aromatic rings. The van der Waals surface area contributed by atoms with E-state index < -0.39 is 0 Å². The lowest BCUT2D eigenvalue weighted by molar-refractivity contribution is 0.319. The first-order chi connectivity index (χ1) is 9.81. The van der Waals surface area contributed by atoms with E-state index in [4.69, 9.17) is 10.00 Å². The number of hydrogen-bond acceptors (Lipinski definition) is 3. The molecule has 1 aliphatic rings. The minimum Gasteiger partial charge on any atom is -0.479 e. The quantitative estimate of drug-likeness (QED) is 0.836. The van der Waals surface area contributed by atoms with Gasteiger partial charge in [-0.05, 0) is 43.7 Å². The lowest BCUT2D eigenvalue weighted by Crippen LogP contribution is -2.26. The summed E-state index contributed by atoms with van der Waals surface area (Å²) in [5, 5.41) is 12.1. The molecular weight excluding hydrogens is 248 g/mol. The van der Waals surface area contributed by atoms with E-state index in [1.165, 1.54) is 38.5 Å². The van der Waals surface area contributed by atoms with E-state index in [2.05, 4.69) is 18.3 Å². The van der Waals surface area contributed by atoms with Gasteiger partial charge in [0.25, 0.3) is 0 Å². The zero-order valence-electron chi connectivity index (χ0n) is 12.3. The molecule has 2 rings (SSSR count). The van der Waals surface area contributed by atoms with Gasteiger partial charge in [0.05, 0.1) is 0 Å². The SMILES string of the molecule is CCCC1CCC(Nc2cccc(OCC#N)c2)CC1. The Morgan fingerprint density at radius 2 is 2.10 bits per heavy atom. The fourth-order valence-corrected chi connectivity index (χ4v) is 3.03. The molecule has 0 aromatic heterocycles. The van der Waals surface area contributed by atoms with Gasteiger partial charge in [0.1, 0.15) is 11.8 Å². The normalized spacial score (nSPS) is 22.0. The molecular formula is C17H24N2O. The van der Waals surface area contributed by atoms with Crippen LogP contribution in [0.1, 0.15) is 45.4 Å². The minimum absolute atomic E-state index is 0.103. The summed E-state index contributed by atoms with van der Waals surface area (Å²) in [6, 6.07) is 10.5. The molecule has 1 saturated carbocycles. The van der Waals surface area contributed by atoms with Crippen molar-refractivity contribution in [3.63, 3.8) is 0 Å². The third-order valence-electron chi connectivity index (χ3n) is 4.05. The van der Waals surface area contributed by atoms with Gasteiger partial charge in [0.15, 0.2) is 6.61 Å². The molecule has 108 valence electrons. The van der Waals surface area contributed by atoms with Crippen LogP contribution >= 0.6 is 0 Å². The number of benzene rings is 1. The highest BCUT2D eigenvalue weighted by Gasteiger charge is 2.20. The Morgan fingerprint density at radius 3 is 2.80 bits per heavy atom. The summed E-state index contributed by atoms with van der Waals surface area (Å²) >= 11 is 0. The number of anilines is 1. The summed E-state index contributed by atoms with van der Waals surface area (Å²) < 4.78 is 5.33. The molecule has 0 spiro atoms. The first-order valence-corrected chi connectivity index (χ1v) is 7.68. The third-order valence-corrected chi connectivity index (χ3v) is 4.05. The minimum atomic E-state index is 0.103. The molecule has 20 heavy (non-hydrogen) atoms. The lowest BCUT2D eigenvalue weighted by Gasteiger charge is -2.29. The lowest BCUT2D eigenvalue weighted by atomic mass is 9.83. The molecule has 1 aliphatic carbocycles. The van der Waals surface area contributed by atoms with Gasteiger partial charge in [-0.25, -0.2) is 0 Å². The van der Waals surface area contributed by atoms with Crippen molar-refractivity contribution >= 4 is 5.69 Å². The highest BCUT2D eigenvalue weighted by atomic mass is 16.5. The predicted octanol–water partition coefficient (Wildman–Crippen LogP) is 4.36. The van der Waals surface area contributed by atoms with E-state index in [0.29, 0.717) is 6.04 Å². The smallest absolute Gasteiger partial charge is 0.174 e. The summed E-state index contributed by atoms with van der Waals surface area (Å²) in [4.78, 5) is 0. The van der Waals surface area contributed by atoms with Gasteiger partial charge in [0.2, 0.25) is 0 Å². The summed E-state index contributed by atoms with van der Waals surface area (Å²) in [5.41, 5.74) is 1.10. The molecule has 0 saturated heterocycles. The Balaban J connectivity index is 1.83. The number of nitrogens with one attached hydrogen (secondary N) is 1. The summed E-state index contributed by atoms with van der Waals surface area (Å²) in [6.45, 7) is 2.38. The van der Waals surface area contributed by atoms with E-state index in [1.807, 2.05) is 24.3 Å². The van der Waals surface area contributed by atoms with Crippen LogP contribution in [0.5, 0.6) is 5.75 Å². The Hall–Kier alpha value is -1.69. The maximum atomic E-state index is 8.54. The average Bonchev–Trinajstić information content (AvgIpc) is 2.48. The van der Waals surface area contributed by atoms with Crippen LogP contribution in [0.2, 0.25) is 0 Å². The van der Waals surface area contributed by atoms with Gasteiger partial charge in [-0.3, -0.25) is 0 Å². The van der Waals surface area contributed by atoms with Crippen LogP contribution in [-0.2, 0) is 0 Å². The maximum absolute atomic E-state index is 8.54. The topological polar surface area (TPSA) is 45.0 Å². The molecule has 3 nitrogen and oxygen atoms in total. The van der Waals surface area contributed by atoms with Crippen molar-refractivity contribution in [3.05, 3.63) is 24.3 Å². The molecule has 1 fully saturated rings. The van der Waals surface area contributed by atoms with Gasteiger partial charge in [-0.2, -0.15) is 5.26 Å². The van der Waals surface area contributed by atoms with Crippen molar-refractivity contribution in [1.29, 1.82) is 5.26 Å². The highest BCUT2D eigenvalue weighted by molar-refractivity contribution is 5.49. The molecule has 0 aliphatic heterocycles. The first kappa shape index (κ1) is 14.7. The first-order valence-electron chi connectivity index (χ1n) is 7.68. The van der Waals surface area contributed by atoms with Crippen LogP contribution in [0.25, 0.3) is 0 Å². The van der Waals surface area contributed by atoms with E-state index >= 15 is 0 Å². The van der Waals surface area contributed by atoms with E-state index in [9.17, 15) is 0 Å². The van der Waals surface area contributed by atoms with Gasteiger partial charge in [-0.15, -0.1) is 0 Å². The van der Waals surface area contributed by atoms with Crippen molar-refractivity contribution in [3.8, 4) is 11.8 Å². The zero-order chi connectivity index (χ0) is 14.2. The van der Waals surface area contributed by atoms with Gasteiger partial charge in [0, 0.05) is 17.8 Å². The second-order valence-electron chi connectivity index (χ2n) is 5.63. The van der Waals surface area contributed by atoms with E-state index in [-0.39, 0.29) is 6.61 Å². The number of nitrogens with zero attached hydrogens (tertiary/aromatic N) is 1. The molecule has 0 heterocycles. The molecule has 0 atom stereocenters. The van der Waals surface area contributed by atoms with Crippen molar-refractivity contribution < 1.29 is 4.74 Å².